The number of aliphatic hydroxyl groups excluding tert-OH is 1. The summed E-state index contributed by atoms with van der Waals surface area (Å²) in [5.41, 5.74) is -1.05. The van der Waals surface area contributed by atoms with Crippen LogP contribution < -0.4 is 5.32 Å². The zero-order valence-electron chi connectivity index (χ0n) is 15.0. The summed E-state index contributed by atoms with van der Waals surface area (Å²) < 4.78 is 80.5. The average molecular weight is 434 g/mol. The summed E-state index contributed by atoms with van der Waals surface area (Å²) in [5, 5.41) is 10.4. The van der Waals surface area contributed by atoms with Crippen LogP contribution in [0.25, 0.3) is 0 Å². The highest BCUT2D eigenvalue weighted by molar-refractivity contribution is 7.89. The number of halogens is 4. The molecule has 29 heavy (non-hydrogen) atoms. The Labute approximate surface area is 164 Å². The molecule has 0 spiro atoms. The summed E-state index contributed by atoms with van der Waals surface area (Å²) in [7, 11) is -3.91. The van der Waals surface area contributed by atoms with Gasteiger partial charge in [-0.15, -0.1) is 0 Å². The molecule has 1 atom stereocenters. The number of sulfonamides is 1. The summed E-state index contributed by atoms with van der Waals surface area (Å²) in [6.07, 6.45) is 1.66. The Hall–Kier alpha value is -2.24. The lowest BCUT2D eigenvalue weighted by Crippen LogP contribution is -2.44. The maximum atomic E-state index is 14.2. The molecule has 1 aromatic rings. The van der Waals surface area contributed by atoms with E-state index in [1.807, 2.05) is 5.32 Å². The van der Waals surface area contributed by atoms with Gasteiger partial charge in [-0.25, -0.2) is 30.3 Å². The average Bonchev–Trinajstić information content (AvgIpc) is 2.66. The van der Waals surface area contributed by atoms with Gasteiger partial charge in [-0.1, -0.05) is 0 Å². The minimum absolute atomic E-state index is 0.107. The number of hydrogen-bond donors (Lipinski definition) is 2. The highest BCUT2D eigenvalue weighted by Gasteiger charge is 2.35. The maximum Gasteiger partial charge on any atom is 0.258 e. The Bertz CT molecular complexity index is 963. The van der Waals surface area contributed by atoms with Gasteiger partial charge in [-0.2, -0.15) is 0 Å². The lowest BCUT2D eigenvalue weighted by atomic mass is 10.0. The summed E-state index contributed by atoms with van der Waals surface area (Å²) in [5.74, 6) is -6.91. The number of rotatable bonds is 4. The number of amides is 1. The smallest absolute Gasteiger partial charge is 0.258 e. The minimum Gasteiger partial charge on any atom is -0.393 e. The number of benzene rings is 1. The molecular formula is C18H18F4N2O4S. The van der Waals surface area contributed by atoms with E-state index < -0.39 is 61.8 Å². The lowest BCUT2D eigenvalue weighted by Gasteiger charge is -2.31. The first kappa shape index (κ1) is 21.5. The van der Waals surface area contributed by atoms with E-state index in [9.17, 15) is 35.9 Å². The van der Waals surface area contributed by atoms with E-state index in [1.165, 1.54) is 4.31 Å². The molecule has 1 amide bonds. The molecule has 1 unspecified atom stereocenters. The predicted molar refractivity (Wildman–Crippen MR) is 96.4 cm³/mol. The molecule has 3 rings (SSSR count). The van der Waals surface area contributed by atoms with Crippen molar-refractivity contribution in [2.24, 2.45) is 0 Å². The number of carbonyl (C=O) groups excluding carboxylic acids is 1. The number of aliphatic hydroxyl groups is 1. The number of piperidine rings is 1. The summed E-state index contributed by atoms with van der Waals surface area (Å²) in [6, 6.07) is 1.04. The van der Waals surface area contributed by atoms with E-state index in [-0.39, 0.29) is 32.4 Å². The highest BCUT2D eigenvalue weighted by Crippen LogP contribution is 2.29. The molecule has 1 aliphatic carbocycles. The third-order valence-corrected chi connectivity index (χ3v) is 6.97. The zero-order chi connectivity index (χ0) is 21.3. The molecule has 0 saturated carbocycles. The first-order valence-electron chi connectivity index (χ1n) is 8.80. The SMILES string of the molecule is O=C(Nc1cc(F)c(F)c(F)c1)C1=CC(S(=O)(=O)N2CCC(O)CC2)CC=C1F. The Morgan fingerprint density at radius 1 is 1.10 bits per heavy atom. The van der Waals surface area contributed by atoms with Crippen LogP contribution in [0.1, 0.15) is 19.3 Å². The van der Waals surface area contributed by atoms with Crippen molar-refractivity contribution < 1.29 is 35.9 Å². The predicted octanol–water partition coefficient (Wildman–Crippen LogP) is 2.38. The second kappa shape index (κ2) is 8.25. The van der Waals surface area contributed by atoms with Crippen molar-refractivity contribution in [2.75, 3.05) is 18.4 Å². The van der Waals surface area contributed by atoms with Gasteiger partial charge in [0.2, 0.25) is 10.0 Å². The molecule has 2 aliphatic rings. The van der Waals surface area contributed by atoms with Gasteiger partial charge in [0.05, 0.1) is 16.9 Å². The van der Waals surface area contributed by atoms with Crippen LogP contribution in [-0.4, -0.2) is 48.2 Å². The van der Waals surface area contributed by atoms with Crippen molar-refractivity contribution in [3.05, 3.63) is 53.1 Å². The van der Waals surface area contributed by atoms with Crippen LogP contribution in [-0.2, 0) is 14.8 Å². The second-order valence-electron chi connectivity index (χ2n) is 6.79. The van der Waals surface area contributed by atoms with Crippen LogP contribution in [0.4, 0.5) is 23.2 Å². The molecule has 2 N–H and O–H groups in total. The van der Waals surface area contributed by atoms with Crippen LogP contribution >= 0.6 is 0 Å². The number of nitrogens with zero attached hydrogens (tertiary/aromatic N) is 1. The largest absolute Gasteiger partial charge is 0.393 e. The fourth-order valence-corrected chi connectivity index (χ4v) is 4.92. The summed E-state index contributed by atoms with van der Waals surface area (Å²) >= 11 is 0. The third-order valence-electron chi connectivity index (χ3n) is 4.79. The third kappa shape index (κ3) is 4.51. The van der Waals surface area contributed by atoms with E-state index in [0.29, 0.717) is 12.1 Å². The molecule has 158 valence electrons. The first-order chi connectivity index (χ1) is 13.6. The van der Waals surface area contributed by atoms with Crippen LogP contribution in [0, 0.1) is 17.5 Å². The summed E-state index contributed by atoms with van der Waals surface area (Å²) in [4.78, 5) is 12.3. The molecule has 0 aromatic heterocycles. The molecule has 1 aliphatic heterocycles. The van der Waals surface area contributed by atoms with Crippen molar-refractivity contribution in [3.8, 4) is 0 Å². The summed E-state index contributed by atoms with van der Waals surface area (Å²) in [6.45, 7) is 0.214. The minimum atomic E-state index is -3.91. The van der Waals surface area contributed by atoms with Gasteiger partial charge in [-0.3, -0.25) is 4.79 Å². The van der Waals surface area contributed by atoms with Crippen LogP contribution in [0.5, 0.6) is 0 Å². The van der Waals surface area contributed by atoms with Crippen molar-refractivity contribution in [3.63, 3.8) is 0 Å². The molecule has 0 bridgehead atoms. The molecule has 0 radical (unpaired) electrons. The second-order valence-corrected chi connectivity index (χ2v) is 8.94. The standard InChI is InChI=1S/C18H18F4N2O4S/c19-14-2-1-12(29(27,28)24-5-3-11(25)4-6-24)9-13(14)18(26)23-10-7-15(20)17(22)16(21)8-10/h2,7-9,11-12,25H,1,3-6H2,(H,23,26). The van der Waals surface area contributed by atoms with Gasteiger partial charge in [0.15, 0.2) is 17.5 Å². The van der Waals surface area contributed by atoms with Gasteiger partial charge < -0.3 is 10.4 Å². The van der Waals surface area contributed by atoms with Crippen molar-refractivity contribution in [2.45, 2.75) is 30.6 Å². The van der Waals surface area contributed by atoms with Crippen LogP contribution in [0.3, 0.4) is 0 Å². The first-order valence-corrected chi connectivity index (χ1v) is 10.3. The van der Waals surface area contributed by atoms with Gasteiger partial charge >= 0.3 is 0 Å². The van der Waals surface area contributed by atoms with Crippen molar-refractivity contribution in [1.82, 2.24) is 4.31 Å². The van der Waals surface area contributed by atoms with Crippen molar-refractivity contribution in [1.29, 1.82) is 0 Å². The monoisotopic (exact) mass is 434 g/mol. The number of nitrogens with one attached hydrogen (secondary N) is 1. The Kier molecular flexibility index (Phi) is 6.11. The molecule has 1 heterocycles. The number of allylic oxidation sites excluding steroid dienone is 1. The topological polar surface area (TPSA) is 86.7 Å². The van der Waals surface area contributed by atoms with Gasteiger partial charge in [-0.05, 0) is 31.4 Å². The molecule has 1 saturated heterocycles. The van der Waals surface area contributed by atoms with E-state index in [1.54, 1.807) is 0 Å². The molecule has 6 nitrogen and oxygen atoms in total. The number of anilines is 1. The van der Waals surface area contributed by atoms with E-state index in [2.05, 4.69) is 0 Å². The maximum absolute atomic E-state index is 14.2. The van der Waals surface area contributed by atoms with Crippen molar-refractivity contribution >= 4 is 21.6 Å². The normalized spacial score (nSPS) is 21.5. The quantitative estimate of drug-likeness (QED) is 0.563. The molecule has 11 heteroatoms. The Morgan fingerprint density at radius 2 is 1.69 bits per heavy atom. The molecule has 1 fully saturated rings. The number of hydrogen-bond acceptors (Lipinski definition) is 4. The number of carbonyl (C=O) groups is 1. The van der Waals surface area contributed by atoms with Gasteiger partial charge in [0.25, 0.3) is 5.91 Å². The van der Waals surface area contributed by atoms with E-state index >= 15 is 0 Å². The van der Waals surface area contributed by atoms with Gasteiger partial charge in [0.1, 0.15) is 5.83 Å². The van der Waals surface area contributed by atoms with Crippen LogP contribution in [0.15, 0.2) is 35.7 Å². The Morgan fingerprint density at radius 3 is 2.28 bits per heavy atom. The molecule has 1 aromatic carbocycles. The van der Waals surface area contributed by atoms with E-state index in [0.717, 1.165) is 12.2 Å². The van der Waals surface area contributed by atoms with E-state index in [4.69, 9.17) is 0 Å². The molecular weight excluding hydrogens is 416 g/mol. The van der Waals surface area contributed by atoms with Crippen LogP contribution in [0.2, 0.25) is 0 Å². The highest BCUT2D eigenvalue weighted by atomic mass is 32.2. The lowest BCUT2D eigenvalue weighted by molar-refractivity contribution is -0.112. The fraction of sp³-hybridized carbons (Fsp3) is 0.389. The van der Waals surface area contributed by atoms with Gasteiger partial charge in [0, 0.05) is 30.9 Å². The zero-order valence-corrected chi connectivity index (χ0v) is 15.9. The fourth-order valence-electron chi connectivity index (χ4n) is 3.17. The Balaban J connectivity index is 1.81.